The molecule has 1 heterocycles. The lowest BCUT2D eigenvalue weighted by Crippen LogP contribution is -2.51. The molecule has 2 N–H and O–H groups in total. The van der Waals surface area contributed by atoms with E-state index in [1.54, 1.807) is 0 Å². The standard InChI is InChI=1S/C12H15N3O/c1-2-10-12(16)15-14-11(13-10)8-9-6-4-3-5-7-9/h3-7,10H,2,8H2,1H3,(H,13,14)(H,15,16). The number of carbonyl (C=O) groups excluding carboxylic acids is 1. The molecule has 16 heavy (non-hydrogen) atoms. The van der Waals surface area contributed by atoms with E-state index in [2.05, 4.69) is 15.8 Å². The van der Waals surface area contributed by atoms with Crippen molar-refractivity contribution in [3.8, 4) is 0 Å². The predicted molar refractivity (Wildman–Crippen MR) is 62.9 cm³/mol. The third kappa shape index (κ3) is 2.39. The van der Waals surface area contributed by atoms with Crippen LogP contribution in [0.4, 0.5) is 0 Å². The van der Waals surface area contributed by atoms with Crippen molar-refractivity contribution in [1.82, 2.24) is 10.9 Å². The highest BCUT2D eigenvalue weighted by Gasteiger charge is 2.20. The Kier molecular flexibility index (Phi) is 3.19. The predicted octanol–water partition coefficient (Wildman–Crippen LogP) is 1.04. The van der Waals surface area contributed by atoms with Crippen molar-refractivity contribution < 1.29 is 4.79 Å². The minimum Gasteiger partial charge on any atom is -0.285 e. The van der Waals surface area contributed by atoms with Gasteiger partial charge >= 0.3 is 0 Å². The summed E-state index contributed by atoms with van der Waals surface area (Å²) in [5.74, 6) is 0.761. The molecule has 0 spiro atoms. The number of hydrogen-bond acceptors (Lipinski definition) is 3. The van der Waals surface area contributed by atoms with Crippen LogP contribution >= 0.6 is 0 Å². The van der Waals surface area contributed by atoms with Crippen molar-refractivity contribution in [3.63, 3.8) is 0 Å². The summed E-state index contributed by atoms with van der Waals surface area (Å²) in [5.41, 5.74) is 6.65. The van der Waals surface area contributed by atoms with Gasteiger partial charge in [-0.3, -0.25) is 20.6 Å². The molecule has 0 aliphatic carbocycles. The molecule has 4 nitrogen and oxygen atoms in total. The Bertz CT molecular complexity index is 400. The van der Waals surface area contributed by atoms with Crippen molar-refractivity contribution in [2.24, 2.45) is 4.99 Å². The van der Waals surface area contributed by atoms with Crippen LogP contribution in [0.25, 0.3) is 0 Å². The maximum absolute atomic E-state index is 11.3. The minimum atomic E-state index is -0.250. The topological polar surface area (TPSA) is 53.5 Å². The Hall–Kier alpha value is -1.84. The van der Waals surface area contributed by atoms with Crippen LogP contribution < -0.4 is 10.9 Å². The zero-order valence-electron chi connectivity index (χ0n) is 9.23. The van der Waals surface area contributed by atoms with Crippen LogP contribution in [0.2, 0.25) is 0 Å². The van der Waals surface area contributed by atoms with Crippen LogP contribution in [0.1, 0.15) is 18.9 Å². The van der Waals surface area contributed by atoms with E-state index in [0.29, 0.717) is 0 Å². The van der Waals surface area contributed by atoms with E-state index in [1.165, 1.54) is 5.56 Å². The fourth-order valence-electron chi connectivity index (χ4n) is 1.65. The Balaban J connectivity index is 2.08. The van der Waals surface area contributed by atoms with Gasteiger partial charge in [0.1, 0.15) is 11.9 Å². The van der Waals surface area contributed by atoms with E-state index >= 15 is 0 Å². The van der Waals surface area contributed by atoms with E-state index in [4.69, 9.17) is 0 Å². The molecule has 2 rings (SSSR count). The molecule has 1 unspecified atom stereocenters. The van der Waals surface area contributed by atoms with Gasteiger partial charge in [-0.1, -0.05) is 37.3 Å². The molecule has 1 aromatic rings. The van der Waals surface area contributed by atoms with Gasteiger partial charge in [0.15, 0.2) is 0 Å². The summed E-state index contributed by atoms with van der Waals surface area (Å²) in [7, 11) is 0. The van der Waals surface area contributed by atoms with E-state index < -0.39 is 0 Å². The molecule has 0 radical (unpaired) electrons. The quantitative estimate of drug-likeness (QED) is 0.795. The van der Waals surface area contributed by atoms with Crippen LogP contribution in [0.5, 0.6) is 0 Å². The summed E-state index contributed by atoms with van der Waals surface area (Å²) in [5, 5.41) is 0. The van der Waals surface area contributed by atoms with Gasteiger partial charge in [0.25, 0.3) is 5.91 Å². The third-order valence-corrected chi connectivity index (χ3v) is 2.55. The normalized spacial score (nSPS) is 19.7. The summed E-state index contributed by atoms with van der Waals surface area (Å²) in [6.07, 6.45) is 1.45. The van der Waals surface area contributed by atoms with E-state index in [1.807, 2.05) is 37.3 Å². The molecular formula is C12H15N3O. The van der Waals surface area contributed by atoms with Crippen LogP contribution in [0.3, 0.4) is 0 Å². The summed E-state index contributed by atoms with van der Waals surface area (Å²) in [4.78, 5) is 15.7. The molecule has 0 bridgehead atoms. The number of nitrogens with one attached hydrogen (secondary N) is 2. The Morgan fingerprint density at radius 2 is 2.00 bits per heavy atom. The first-order valence-corrected chi connectivity index (χ1v) is 5.46. The highest BCUT2D eigenvalue weighted by atomic mass is 16.2. The second-order valence-corrected chi connectivity index (χ2v) is 3.78. The van der Waals surface area contributed by atoms with Crippen molar-refractivity contribution in [2.45, 2.75) is 25.8 Å². The van der Waals surface area contributed by atoms with Gasteiger partial charge in [0, 0.05) is 6.42 Å². The van der Waals surface area contributed by atoms with Gasteiger partial charge in [-0.25, -0.2) is 0 Å². The molecule has 0 aromatic heterocycles. The van der Waals surface area contributed by atoms with Gasteiger partial charge in [0.05, 0.1) is 0 Å². The number of benzene rings is 1. The average Bonchev–Trinajstić information content (AvgIpc) is 2.33. The average molecular weight is 217 g/mol. The van der Waals surface area contributed by atoms with Crippen molar-refractivity contribution in [2.75, 3.05) is 0 Å². The second kappa shape index (κ2) is 4.79. The fraction of sp³-hybridized carbons (Fsp3) is 0.333. The van der Waals surface area contributed by atoms with Crippen LogP contribution in [0, 0.1) is 0 Å². The van der Waals surface area contributed by atoms with Crippen molar-refractivity contribution >= 4 is 11.7 Å². The number of amides is 1. The van der Waals surface area contributed by atoms with E-state index in [0.717, 1.165) is 18.7 Å². The molecule has 0 saturated heterocycles. The van der Waals surface area contributed by atoms with Gasteiger partial charge in [-0.2, -0.15) is 0 Å². The Morgan fingerprint density at radius 3 is 2.69 bits per heavy atom. The first-order valence-electron chi connectivity index (χ1n) is 5.46. The van der Waals surface area contributed by atoms with Gasteiger partial charge < -0.3 is 0 Å². The van der Waals surface area contributed by atoms with Gasteiger partial charge in [-0.05, 0) is 12.0 Å². The van der Waals surface area contributed by atoms with Crippen LogP contribution in [0.15, 0.2) is 35.3 Å². The van der Waals surface area contributed by atoms with Gasteiger partial charge in [-0.15, -0.1) is 0 Å². The largest absolute Gasteiger partial charge is 0.285 e. The van der Waals surface area contributed by atoms with Crippen LogP contribution in [-0.4, -0.2) is 17.8 Å². The van der Waals surface area contributed by atoms with E-state index in [9.17, 15) is 4.79 Å². The lowest BCUT2D eigenvalue weighted by Gasteiger charge is -2.21. The first kappa shape index (κ1) is 10.7. The number of rotatable bonds is 3. The molecule has 1 aromatic carbocycles. The zero-order valence-corrected chi connectivity index (χ0v) is 9.23. The molecule has 1 aliphatic heterocycles. The molecule has 84 valence electrons. The van der Waals surface area contributed by atoms with Gasteiger partial charge in [0.2, 0.25) is 0 Å². The molecule has 0 saturated carbocycles. The third-order valence-electron chi connectivity index (χ3n) is 2.55. The summed E-state index contributed by atoms with van der Waals surface area (Å²) in [6.45, 7) is 1.96. The van der Waals surface area contributed by atoms with E-state index in [-0.39, 0.29) is 11.9 Å². The number of aliphatic imine (C=N–C) groups is 1. The molecule has 1 atom stereocenters. The maximum Gasteiger partial charge on any atom is 0.263 e. The maximum atomic E-state index is 11.3. The number of amidine groups is 1. The first-order chi connectivity index (χ1) is 7.79. The highest BCUT2D eigenvalue weighted by Crippen LogP contribution is 2.05. The minimum absolute atomic E-state index is 0.0562. The monoisotopic (exact) mass is 217 g/mol. The summed E-state index contributed by atoms with van der Waals surface area (Å²) >= 11 is 0. The lowest BCUT2D eigenvalue weighted by atomic mass is 10.1. The fourth-order valence-corrected chi connectivity index (χ4v) is 1.65. The molecule has 0 fully saturated rings. The Labute approximate surface area is 94.7 Å². The zero-order chi connectivity index (χ0) is 11.4. The van der Waals surface area contributed by atoms with Crippen molar-refractivity contribution in [1.29, 1.82) is 0 Å². The highest BCUT2D eigenvalue weighted by molar-refractivity contribution is 5.94. The second-order valence-electron chi connectivity index (χ2n) is 3.78. The lowest BCUT2D eigenvalue weighted by molar-refractivity contribution is -0.123. The molecular weight excluding hydrogens is 202 g/mol. The molecule has 1 aliphatic rings. The SMILES string of the molecule is CCC1N=C(Cc2ccccc2)NNC1=O. The number of hydrazine groups is 1. The molecule has 4 heteroatoms. The molecule has 1 amide bonds. The Morgan fingerprint density at radius 1 is 1.25 bits per heavy atom. The smallest absolute Gasteiger partial charge is 0.263 e. The number of hydrogen-bond donors (Lipinski definition) is 2. The number of nitrogens with zero attached hydrogens (tertiary/aromatic N) is 1. The number of carbonyl (C=O) groups is 1. The summed E-state index contributed by atoms with van der Waals surface area (Å²) < 4.78 is 0. The van der Waals surface area contributed by atoms with Crippen molar-refractivity contribution in [3.05, 3.63) is 35.9 Å². The van der Waals surface area contributed by atoms with Crippen LogP contribution in [-0.2, 0) is 11.2 Å². The summed E-state index contributed by atoms with van der Waals surface area (Å²) in [6, 6.07) is 9.81.